The van der Waals surface area contributed by atoms with Gasteiger partial charge in [-0.25, -0.2) is 25.9 Å². The fourth-order valence-corrected chi connectivity index (χ4v) is 2.53. The number of hydrogen-bond donors (Lipinski definition) is 6. The van der Waals surface area contributed by atoms with Crippen molar-refractivity contribution >= 4 is 28.7 Å². The van der Waals surface area contributed by atoms with Crippen molar-refractivity contribution in [3.8, 4) is 5.75 Å². The molecule has 1 aromatic heterocycles. The topological polar surface area (TPSA) is 137 Å². The molecule has 0 bridgehead atoms. The molecule has 0 aliphatic rings. The van der Waals surface area contributed by atoms with Gasteiger partial charge in [0, 0.05) is 30.2 Å². The highest BCUT2D eigenvalue weighted by atomic mass is 16.5. The van der Waals surface area contributed by atoms with E-state index in [0.29, 0.717) is 6.54 Å². The largest absolute Gasteiger partial charge is 0.497 e. The lowest BCUT2D eigenvalue weighted by Crippen LogP contribution is -2.50. The van der Waals surface area contributed by atoms with Gasteiger partial charge in [0.1, 0.15) is 5.75 Å². The first-order valence-electron chi connectivity index (χ1n) is 8.46. The molecule has 27 heavy (non-hydrogen) atoms. The molecule has 1 aromatic carbocycles. The maximum atomic E-state index is 11.4. The molecule has 0 radical (unpaired) electrons. The van der Waals surface area contributed by atoms with Gasteiger partial charge in [-0.1, -0.05) is 6.07 Å². The number of pyridine rings is 1. The van der Waals surface area contributed by atoms with E-state index in [9.17, 15) is 9.59 Å². The molecule has 0 aliphatic carbocycles. The van der Waals surface area contributed by atoms with Crippen molar-refractivity contribution in [2.45, 2.75) is 25.8 Å². The Morgan fingerprint density at radius 3 is 2.78 bits per heavy atom. The van der Waals surface area contributed by atoms with Crippen LogP contribution in [0.4, 0.5) is 15.3 Å². The van der Waals surface area contributed by atoms with Crippen molar-refractivity contribution in [3.05, 3.63) is 30.5 Å². The first-order chi connectivity index (χ1) is 13.0. The zero-order valence-electron chi connectivity index (χ0n) is 15.2. The molecule has 4 amide bonds. The lowest BCUT2D eigenvalue weighted by Gasteiger charge is -2.17. The summed E-state index contributed by atoms with van der Waals surface area (Å²) in [7, 11) is 1.63. The number of rotatable bonds is 7. The van der Waals surface area contributed by atoms with E-state index >= 15 is 0 Å². The Hall–Kier alpha value is -3.27. The van der Waals surface area contributed by atoms with Crippen LogP contribution in [-0.4, -0.2) is 41.9 Å². The van der Waals surface area contributed by atoms with Gasteiger partial charge in [0.15, 0.2) is 0 Å². The number of nitrogens with zero attached hydrogens (tertiary/aromatic N) is 1. The van der Waals surface area contributed by atoms with Crippen molar-refractivity contribution in [3.63, 3.8) is 0 Å². The summed E-state index contributed by atoms with van der Waals surface area (Å²) < 4.78 is 5.35. The minimum Gasteiger partial charge on any atom is -0.497 e. The van der Waals surface area contributed by atoms with Crippen LogP contribution in [-0.2, 0) is 0 Å². The highest BCUT2D eigenvalue weighted by molar-refractivity contribution is 5.91. The molecule has 1 heterocycles. The molecule has 0 spiro atoms. The Labute approximate surface area is 156 Å². The number of benzene rings is 1. The number of fused-ring (bicyclic) bond motifs is 1. The zero-order valence-corrected chi connectivity index (χ0v) is 15.2. The van der Waals surface area contributed by atoms with Gasteiger partial charge in [0.2, 0.25) is 0 Å². The molecular formula is C17H24N6O4. The van der Waals surface area contributed by atoms with E-state index in [-0.39, 0.29) is 6.04 Å². The van der Waals surface area contributed by atoms with Crippen LogP contribution in [0, 0.1) is 0 Å². The molecule has 1 atom stereocenters. The van der Waals surface area contributed by atoms with Gasteiger partial charge in [0.05, 0.1) is 18.3 Å². The second kappa shape index (κ2) is 10.0. The van der Waals surface area contributed by atoms with Crippen LogP contribution < -0.4 is 31.7 Å². The van der Waals surface area contributed by atoms with Crippen molar-refractivity contribution in [2.24, 2.45) is 0 Å². The number of hydroxylamine groups is 1. The average molecular weight is 376 g/mol. The van der Waals surface area contributed by atoms with Crippen molar-refractivity contribution < 1.29 is 19.5 Å². The number of carbonyl (C=O) groups excluding carboxylic acids is 2. The Bertz CT molecular complexity index is 785. The van der Waals surface area contributed by atoms with Crippen LogP contribution in [0.15, 0.2) is 30.5 Å². The van der Waals surface area contributed by atoms with Crippen LogP contribution >= 0.6 is 0 Å². The number of nitrogens with one attached hydrogen (secondary N) is 5. The number of urea groups is 2. The van der Waals surface area contributed by atoms with Crippen LogP contribution in [0.1, 0.15) is 19.8 Å². The van der Waals surface area contributed by atoms with Gasteiger partial charge >= 0.3 is 12.1 Å². The number of amides is 4. The van der Waals surface area contributed by atoms with Crippen LogP contribution in [0.25, 0.3) is 10.9 Å². The maximum absolute atomic E-state index is 11.4. The van der Waals surface area contributed by atoms with E-state index < -0.39 is 12.1 Å². The summed E-state index contributed by atoms with van der Waals surface area (Å²) in [6, 6.07) is 6.36. The molecule has 0 saturated heterocycles. The highest BCUT2D eigenvalue weighted by Crippen LogP contribution is 2.28. The quantitative estimate of drug-likeness (QED) is 0.247. The Balaban J connectivity index is 1.81. The Kier molecular flexibility index (Phi) is 7.44. The zero-order chi connectivity index (χ0) is 19.6. The first-order valence-corrected chi connectivity index (χ1v) is 8.46. The lowest BCUT2D eigenvalue weighted by molar-refractivity contribution is 0.158. The smallest absolute Gasteiger partial charge is 0.357 e. The Morgan fingerprint density at radius 2 is 2.04 bits per heavy atom. The van der Waals surface area contributed by atoms with Gasteiger partial charge < -0.3 is 15.4 Å². The van der Waals surface area contributed by atoms with Gasteiger partial charge in [-0.15, -0.1) is 0 Å². The predicted octanol–water partition coefficient (Wildman–Crippen LogP) is 1.73. The van der Waals surface area contributed by atoms with Crippen LogP contribution in [0.3, 0.4) is 0 Å². The molecule has 1 unspecified atom stereocenters. The maximum Gasteiger partial charge on any atom is 0.357 e. The lowest BCUT2D eigenvalue weighted by atomic mass is 10.1. The molecule has 2 rings (SSSR count). The second-order valence-corrected chi connectivity index (χ2v) is 5.88. The second-order valence-electron chi connectivity index (χ2n) is 5.88. The van der Waals surface area contributed by atoms with E-state index in [0.717, 1.165) is 35.2 Å². The van der Waals surface area contributed by atoms with Gasteiger partial charge in [0.25, 0.3) is 0 Å². The van der Waals surface area contributed by atoms with Crippen molar-refractivity contribution in [2.75, 3.05) is 19.0 Å². The molecule has 2 aromatic rings. The summed E-state index contributed by atoms with van der Waals surface area (Å²) >= 11 is 0. The molecule has 0 saturated carbocycles. The monoisotopic (exact) mass is 376 g/mol. The highest BCUT2D eigenvalue weighted by Gasteiger charge is 2.09. The number of ether oxygens (including phenoxy) is 1. The molecule has 0 fully saturated rings. The number of hydrazine groups is 1. The minimum absolute atomic E-state index is 0.144. The van der Waals surface area contributed by atoms with Crippen LogP contribution in [0.5, 0.6) is 5.75 Å². The number of methoxy groups -OCH3 is 1. The van der Waals surface area contributed by atoms with E-state index in [4.69, 9.17) is 9.94 Å². The van der Waals surface area contributed by atoms with E-state index in [2.05, 4.69) is 21.0 Å². The molecule has 146 valence electrons. The van der Waals surface area contributed by atoms with E-state index in [1.807, 2.05) is 36.6 Å². The minimum atomic E-state index is -0.929. The first kappa shape index (κ1) is 20.0. The average Bonchev–Trinajstić information content (AvgIpc) is 2.69. The number of aromatic nitrogens is 1. The molecule has 6 N–H and O–H groups in total. The summed E-state index contributed by atoms with van der Waals surface area (Å²) in [5.41, 5.74) is 7.13. The number of hydrogen-bond acceptors (Lipinski definition) is 6. The van der Waals surface area contributed by atoms with Gasteiger partial charge in [-0.05, 0) is 31.9 Å². The SMILES string of the molecule is COc1cc(NC(C)CCCNC(=O)NNC(=O)NO)c2ncccc2c1. The standard InChI is InChI=1S/C17H24N6O4/c1-11(5-3-8-19-16(24)21-22-17(25)23-26)20-14-10-13(27-2)9-12-6-4-7-18-15(12)14/h4,6-7,9-11,20,26H,3,5,8H2,1-2H3,(H2,19,21,24)(H2,22,23,25). The van der Waals surface area contributed by atoms with Crippen molar-refractivity contribution in [1.29, 1.82) is 0 Å². The summed E-state index contributed by atoms with van der Waals surface area (Å²) in [4.78, 5) is 26.6. The fourth-order valence-electron chi connectivity index (χ4n) is 2.53. The van der Waals surface area contributed by atoms with Crippen molar-refractivity contribution in [1.82, 2.24) is 26.6 Å². The summed E-state index contributed by atoms with van der Waals surface area (Å²) in [6.45, 7) is 2.47. The summed E-state index contributed by atoms with van der Waals surface area (Å²) in [5, 5.41) is 15.3. The summed E-state index contributed by atoms with van der Waals surface area (Å²) in [6.07, 6.45) is 3.28. The summed E-state index contributed by atoms with van der Waals surface area (Å²) in [5.74, 6) is 0.753. The molecular weight excluding hydrogens is 352 g/mol. The fraction of sp³-hybridized carbons (Fsp3) is 0.353. The third kappa shape index (κ3) is 6.19. The predicted molar refractivity (Wildman–Crippen MR) is 101 cm³/mol. The molecule has 10 nitrogen and oxygen atoms in total. The third-order valence-corrected chi connectivity index (χ3v) is 3.81. The normalized spacial score (nSPS) is 11.4. The van der Waals surface area contributed by atoms with E-state index in [1.54, 1.807) is 13.3 Å². The molecule has 10 heteroatoms. The van der Waals surface area contributed by atoms with E-state index in [1.165, 1.54) is 5.48 Å². The van der Waals surface area contributed by atoms with Gasteiger partial charge in [-0.3, -0.25) is 10.2 Å². The Morgan fingerprint density at radius 1 is 1.26 bits per heavy atom. The number of anilines is 1. The third-order valence-electron chi connectivity index (χ3n) is 3.81. The van der Waals surface area contributed by atoms with Crippen LogP contribution in [0.2, 0.25) is 0 Å². The molecule has 0 aliphatic heterocycles. The van der Waals surface area contributed by atoms with Gasteiger partial charge in [-0.2, -0.15) is 0 Å². The number of carbonyl (C=O) groups is 2.